The van der Waals surface area contributed by atoms with Gasteiger partial charge in [-0.15, -0.1) is 0 Å². The number of nitrogens with two attached hydrogens (primary N) is 1. The minimum absolute atomic E-state index is 0.0267. The molecule has 2 aliphatic rings. The Morgan fingerprint density at radius 3 is 2.34 bits per heavy atom. The molecule has 0 atom stereocenters. The molecule has 10 nitrogen and oxygen atoms in total. The summed E-state index contributed by atoms with van der Waals surface area (Å²) in [6.45, 7) is 5.60. The first kappa shape index (κ1) is 19.4. The Balaban J connectivity index is 1.40. The van der Waals surface area contributed by atoms with Crippen LogP contribution in [-0.2, 0) is 11.2 Å². The summed E-state index contributed by atoms with van der Waals surface area (Å²) in [5, 5.41) is 16.1. The number of nitrogens with one attached hydrogen (secondary N) is 1. The van der Waals surface area contributed by atoms with Crippen molar-refractivity contribution in [2.75, 3.05) is 61.8 Å². The highest BCUT2D eigenvalue weighted by Crippen LogP contribution is 2.30. The highest BCUT2D eigenvalue weighted by atomic mass is 16.4. The van der Waals surface area contributed by atoms with Crippen molar-refractivity contribution < 1.29 is 9.90 Å². The fourth-order valence-corrected chi connectivity index (χ4v) is 4.05. The third-order valence-electron chi connectivity index (χ3n) is 5.77. The minimum atomic E-state index is -0.854. The number of aromatic amines is 1. The molecule has 2 fully saturated rings. The van der Waals surface area contributed by atoms with E-state index in [-0.39, 0.29) is 6.42 Å². The van der Waals surface area contributed by atoms with E-state index < -0.39 is 5.97 Å². The van der Waals surface area contributed by atoms with Crippen LogP contribution >= 0.6 is 0 Å². The summed E-state index contributed by atoms with van der Waals surface area (Å²) in [6, 6.07) is 3.92. The second kappa shape index (κ2) is 8.24. The number of carboxylic acids is 1. The third-order valence-corrected chi connectivity index (χ3v) is 5.77. The Bertz CT molecular complexity index is 854. The van der Waals surface area contributed by atoms with Crippen LogP contribution in [0.25, 0.3) is 0 Å². The topological polar surface area (TPSA) is 127 Å². The van der Waals surface area contributed by atoms with Crippen molar-refractivity contribution in [3.05, 3.63) is 23.5 Å². The van der Waals surface area contributed by atoms with Gasteiger partial charge >= 0.3 is 5.97 Å². The summed E-state index contributed by atoms with van der Waals surface area (Å²) in [5.74, 6) is 1.55. The normalized spacial score (nSPS) is 18.9. The van der Waals surface area contributed by atoms with E-state index in [0.29, 0.717) is 17.6 Å². The zero-order valence-corrected chi connectivity index (χ0v) is 16.7. The van der Waals surface area contributed by atoms with Gasteiger partial charge in [-0.05, 0) is 26.0 Å². The standard InChI is InChI=1S/C19H28N8O2/c1-25-6-8-27(9-7-25)17-12-16(21-19(20)22-17)26-4-2-13(3-5-26)15-10-14(23-24-15)11-18(28)29/h10,12-13H,2-9,11H2,1H3,(H,23,24)(H,28,29)(H2,20,21,22). The number of piperidine rings is 1. The Morgan fingerprint density at radius 1 is 1.10 bits per heavy atom. The molecule has 0 aromatic carbocycles. The lowest BCUT2D eigenvalue weighted by Crippen LogP contribution is -2.45. The predicted molar refractivity (Wildman–Crippen MR) is 110 cm³/mol. The van der Waals surface area contributed by atoms with E-state index in [0.717, 1.165) is 69.4 Å². The van der Waals surface area contributed by atoms with Crippen molar-refractivity contribution >= 4 is 23.6 Å². The number of aliphatic carboxylic acids is 1. The van der Waals surface area contributed by atoms with Crippen molar-refractivity contribution in [2.45, 2.75) is 25.2 Å². The number of aromatic nitrogens is 4. The number of piperazine rings is 1. The average molecular weight is 400 g/mol. The molecule has 2 aromatic rings. The first-order valence-corrected chi connectivity index (χ1v) is 10.1. The molecule has 0 spiro atoms. The molecule has 0 radical (unpaired) electrons. The maximum atomic E-state index is 10.9. The molecule has 2 aliphatic heterocycles. The molecule has 4 N–H and O–H groups in total. The molecule has 4 heterocycles. The summed E-state index contributed by atoms with van der Waals surface area (Å²) in [7, 11) is 2.13. The maximum Gasteiger partial charge on any atom is 0.309 e. The fraction of sp³-hybridized carbons (Fsp3) is 0.579. The van der Waals surface area contributed by atoms with Gasteiger partial charge in [-0.25, -0.2) is 0 Å². The van der Waals surface area contributed by atoms with Gasteiger partial charge in [0.25, 0.3) is 0 Å². The highest BCUT2D eigenvalue weighted by molar-refractivity contribution is 5.69. The summed E-state index contributed by atoms with van der Waals surface area (Å²) >= 11 is 0. The number of H-pyrrole nitrogens is 1. The van der Waals surface area contributed by atoms with Crippen LogP contribution in [0.15, 0.2) is 12.1 Å². The van der Waals surface area contributed by atoms with E-state index in [1.807, 2.05) is 12.1 Å². The number of hydrogen-bond acceptors (Lipinski definition) is 8. The Labute approximate surface area is 169 Å². The second-order valence-electron chi connectivity index (χ2n) is 7.88. The molecular formula is C19H28N8O2. The molecule has 156 valence electrons. The Hall–Kier alpha value is -2.88. The van der Waals surface area contributed by atoms with Crippen LogP contribution < -0.4 is 15.5 Å². The van der Waals surface area contributed by atoms with Gasteiger partial charge in [0.05, 0.1) is 12.1 Å². The second-order valence-corrected chi connectivity index (χ2v) is 7.88. The van der Waals surface area contributed by atoms with Crippen molar-refractivity contribution in [2.24, 2.45) is 0 Å². The zero-order chi connectivity index (χ0) is 20.4. The number of carbonyl (C=O) groups is 1. The number of nitrogen functional groups attached to an aromatic ring is 1. The van der Waals surface area contributed by atoms with E-state index >= 15 is 0 Å². The van der Waals surface area contributed by atoms with E-state index in [4.69, 9.17) is 10.8 Å². The summed E-state index contributed by atoms with van der Waals surface area (Å²) < 4.78 is 0. The van der Waals surface area contributed by atoms with Crippen LogP contribution in [0, 0.1) is 0 Å². The monoisotopic (exact) mass is 400 g/mol. The van der Waals surface area contributed by atoms with E-state index in [1.165, 1.54) is 0 Å². The van der Waals surface area contributed by atoms with Gasteiger partial charge in [-0.2, -0.15) is 15.1 Å². The van der Waals surface area contributed by atoms with Gasteiger partial charge < -0.3 is 25.5 Å². The molecule has 0 bridgehead atoms. The van der Waals surface area contributed by atoms with Gasteiger partial charge in [0.2, 0.25) is 5.95 Å². The van der Waals surface area contributed by atoms with Crippen LogP contribution in [-0.4, -0.2) is 82.5 Å². The van der Waals surface area contributed by atoms with Crippen molar-refractivity contribution in [1.29, 1.82) is 0 Å². The summed E-state index contributed by atoms with van der Waals surface area (Å²) in [5.41, 5.74) is 7.61. The van der Waals surface area contributed by atoms with Crippen LogP contribution in [0.2, 0.25) is 0 Å². The van der Waals surface area contributed by atoms with Crippen molar-refractivity contribution in [3.63, 3.8) is 0 Å². The lowest BCUT2D eigenvalue weighted by atomic mass is 9.93. The lowest BCUT2D eigenvalue weighted by molar-refractivity contribution is -0.136. The van der Waals surface area contributed by atoms with Crippen LogP contribution in [0.1, 0.15) is 30.1 Å². The molecular weight excluding hydrogens is 372 g/mol. The fourth-order valence-electron chi connectivity index (χ4n) is 4.05. The average Bonchev–Trinajstić information content (AvgIpc) is 3.16. The smallest absolute Gasteiger partial charge is 0.309 e. The van der Waals surface area contributed by atoms with E-state index in [1.54, 1.807) is 0 Å². The Morgan fingerprint density at radius 2 is 1.72 bits per heavy atom. The van der Waals surface area contributed by atoms with E-state index in [9.17, 15) is 4.79 Å². The molecule has 0 saturated carbocycles. The SMILES string of the molecule is CN1CCN(c2cc(N3CCC(c4cc(CC(=O)O)[nH]n4)CC3)nc(N)n2)CC1. The lowest BCUT2D eigenvalue weighted by Gasteiger charge is -2.35. The highest BCUT2D eigenvalue weighted by Gasteiger charge is 2.25. The van der Waals surface area contributed by atoms with Crippen molar-refractivity contribution in [1.82, 2.24) is 25.1 Å². The first-order chi connectivity index (χ1) is 14.0. The third kappa shape index (κ3) is 4.58. The number of carboxylic acid groups (broad SMARTS) is 1. The van der Waals surface area contributed by atoms with Gasteiger partial charge in [-0.3, -0.25) is 9.89 Å². The van der Waals surface area contributed by atoms with Gasteiger partial charge in [0.1, 0.15) is 11.6 Å². The number of likely N-dealkylation sites (N-methyl/N-ethyl adjacent to an activating group) is 1. The molecule has 2 saturated heterocycles. The molecule has 0 unspecified atom stereocenters. The molecule has 4 rings (SSSR count). The largest absolute Gasteiger partial charge is 0.481 e. The summed E-state index contributed by atoms with van der Waals surface area (Å²) in [4.78, 5) is 26.6. The molecule has 29 heavy (non-hydrogen) atoms. The van der Waals surface area contributed by atoms with Gasteiger partial charge in [-0.1, -0.05) is 0 Å². The molecule has 0 amide bonds. The molecule has 2 aromatic heterocycles. The minimum Gasteiger partial charge on any atom is -0.481 e. The van der Waals surface area contributed by atoms with Gasteiger partial charge in [0.15, 0.2) is 0 Å². The number of nitrogens with zero attached hydrogens (tertiary/aromatic N) is 6. The number of rotatable bonds is 5. The van der Waals surface area contributed by atoms with Crippen molar-refractivity contribution in [3.8, 4) is 0 Å². The van der Waals surface area contributed by atoms with Gasteiger partial charge in [0, 0.05) is 56.9 Å². The Kier molecular flexibility index (Phi) is 5.52. The summed E-state index contributed by atoms with van der Waals surface area (Å²) in [6.07, 6.45) is 1.84. The van der Waals surface area contributed by atoms with Crippen LogP contribution in [0.3, 0.4) is 0 Å². The van der Waals surface area contributed by atoms with E-state index in [2.05, 4.69) is 41.9 Å². The quantitative estimate of drug-likeness (QED) is 0.659. The molecule has 0 aliphatic carbocycles. The molecule has 10 heteroatoms. The van der Waals surface area contributed by atoms with Crippen LogP contribution in [0.4, 0.5) is 17.6 Å². The maximum absolute atomic E-state index is 10.9. The number of anilines is 3. The first-order valence-electron chi connectivity index (χ1n) is 10.1. The van der Waals surface area contributed by atoms with Crippen LogP contribution in [0.5, 0.6) is 0 Å². The number of hydrogen-bond donors (Lipinski definition) is 3. The zero-order valence-electron chi connectivity index (χ0n) is 16.7. The predicted octanol–water partition coefficient (Wildman–Crippen LogP) is 0.545.